The number of anilines is 2. The summed E-state index contributed by atoms with van der Waals surface area (Å²) in [5.41, 5.74) is 1.34. The monoisotopic (exact) mass is 425 g/mol. The highest BCUT2D eigenvalue weighted by atomic mass is 32.2. The summed E-state index contributed by atoms with van der Waals surface area (Å²) in [4.78, 5) is 27.0. The molecule has 156 valence electrons. The van der Waals surface area contributed by atoms with Crippen molar-refractivity contribution in [3.05, 3.63) is 60.2 Å². The number of benzene rings is 2. The van der Waals surface area contributed by atoms with Crippen LogP contribution in [0, 0.1) is 12.3 Å². The summed E-state index contributed by atoms with van der Waals surface area (Å²) in [7, 11) is -3.10. The van der Waals surface area contributed by atoms with Crippen molar-refractivity contribution in [3.8, 4) is 12.3 Å². The van der Waals surface area contributed by atoms with Gasteiger partial charge in [-0.05, 0) is 30.7 Å². The maximum Gasteiger partial charge on any atom is 0.257 e. The van der Waals surface area contributed by atoms with E-state index in [9.17, 15) is 18.0 Å². The van der Waals surface area contributed by atoms with Crippen molar-refractivity contribution < 1.29 is 18.0 Å². The quantitative estimate of drug-likeness (QED) is 0.662. The van der Waals surface area contributed by atoms with E-state index in [-0.39, 0.29) is 42.5 Å². The molecule has 0 aliphatic carbocycles. The van der Waals surface area contributed by atoms with Gasteiger partial charge in [-0.15, -0.1) is 6.42 Å². The molecule has 0 spiro atoms. The first kappa shape index (κ1) is 21.6. The zero-order valence-corrected chi connectivity index (χ0v) is 17.2. The second-order valence-electron chi connectivity index (χ2n) is 7.08. The molecule has 0 saturated carbocycles. The highest BCUT2D eigenvalue weighted by Gasteiger charge is 2.32. The summed E-state index contributed by atoms with van der Waals surface area (Å²) in [6.45, 7) is 0.114. The number of terminal acetylenes is 1. The molecule has 1 aliphatic rings. The summed E-state index contributed by atoms with van der Waals surface area (Å²) in [6, 6.07) is 15.4. The molecular formula is C22H23N3O4S. The molecule has 1 aliphatic heterocycles. The number of hydrogen-bond acceptors (Lipinski definition) is 5. The lowest BCUT2D eigenvalue weighted by Gasteiger charge is -2.25. The van der Waals surface area contributed by atoms with Crippen molar-refractivity contribution >= 4 is 33.0 Å². The van der Waals surface area contributed by atoms with Crippen molar-refractivity contribution in [2.45, 2.75) is 12.5 Å². The number of rotatable bonds is 7. The third kappa shape index (κ3) is 5.69. The molecule has 1 saturated heterocycles. The smallest absolute Gasteiger partial charge is 0.257 e. The minimum absolute atomic E-state index is 0.00196. The van der Waals surface area contributed by atoms with Crippen LogP contribution in [0.2, 0.25) is 0 Å². The van der Waals surface area contributed by atoms with Crippen molar-refractivity contribution in [3.63, 3.8) is 0 Å². The van der Waals surface area contributed by atoms with Gasteiger partial charge in [0.1, 0.15) is 0 Å². The molecule has 1 unspecified atom stereocenters. The topological polar surface area (TPSA) is 95.6 Å². The van der Waals surface area contributed by atoms with Crippen LogP contribution in [-0.2, 0) is 14.6 Å². The maximum atomic E-state index is 12.7. The van der Waals surface area contributed by atoms with E-state index in [2.05, 4.69) is 16.6 Å². The molecule has 1 atom stereocenters. The van der Waals surface area contributed by atoms with E-state index in [0.717, 1.165) is 0 Å². The normalized spacial score (nSPS) is 17.3. The summed E-state index contributed by atoms with van der Waals surface area (Å²) in [6.07, 6.45) is 5.86. The minimum Gasteiger partial charge on any atom is -0.324 e. The number of para-hydroxylation sites is 2. The van der Waals surface area contributed by atoms with Crippen LogP contribution in [0.3, 0.4) is 0 Å². The molecule has 2 aromatic rings. The van der Waals surface area contributed by atoms with Crippen LogP contribution in [0.25, 0.3) is 0 Å². The molecular weight excluding hydrogens is 402 g/mol. The van der Waals surface area contributed by atoms with Crippen LogP contribution in [0.1, 0.15) is 16.8 Å². The number of nitrogens with zero attached hydrogens (tertiary/aromatic N) is 1. The van der Waals surface area contributed by atoms with Gasteiger partial charge >= 0.3 is 0 Å². The van der Waals surface area contributed by atoms with Crippen molar-refractivity contribution in [2.75, 3.05) is 35.2 Å². The average Bonchev–Trinajstić information content (AvgIpc) is 3.08. The Hall–Kier alpha value is -3.15. The molecule has 30 heavy (non-hydrogen) atoms. The number of hydrogen-bond donors (Lipinski definition) is 2. The molecule has 0 radical (unpaired) electrons. The Bertz CT molecular complexity index is 1060. The van der Waals surface area contributed by atoms with Crippen molar-refractivity contribution in [1.82, 2.24) is 4.90 Å². The molecule has 0 aromatic heterocycles. The van der Waals surface area contributed by atoms with Crippen LogP contribution < -0.4 is 10.6 Å². The predicted molar refractivity (Wildman–Crippen MR) is 117 cm³/mol. The van der Waals surface area contributed by atoms with Gasteiger partial charge < -0.3 is 10.6 Å². The summed E-state index contributed by atoms with van der Waals surface area (Å²) in [5.74, 6) is 1.87. The Morgan fingerprint density at radius 1 is 1.07 bits per heavy atom. The largest absolute Gasteiger partial charge is 0.324 e. The van der Waals surface area contributed by atoms with Crippen LogP contribution in [0.5, 0.6) is 0 Å². The minimum atomic E-state index is -3.10. The van der Waals surface area contributed by atoms with E-state index >= 15 is 0 Å². The number of nitrogens with one attached hydrogen (secondary N) is 2. The first-order valence-electron chi connectivity index (χ1n) is 9.51. The van der Waals surface area contributed by atoms with Gasteiger partial charge in [-0.2, -0.15) is 0 Å². The van der Waals surface area contributed by atoms with Gasteiger partial charge in [0.25, 0.3) is 5.91 Å². The van der Waals surface area contributed by atoms with E-state index in [4.69, 9.17) is 6.42 Å². The van der Waals surface area contributed by atoms with Crippen molar-refractivity contribution in [1.29, 1.82) is 0 Å². The zero-order valence-electron chi connectivity index (χ0n) is 16.4. The van der Waals surface area contributed by atoms with E-state index in [1.54, 1.807) is 41.3 Å². The van der Waals surface area contributed by atoms with Gasteiger partial charge in [0.05, 0.1) is 35.8 Å². The van der Waals surface area contributed by atoms with Gasteiger partial charge in [-0.25, -0.2) is 8.42 Å². The molecule has 3 rings (SSSR count). The van der Waals surface area contributed by atoms with E-state index < -0.39 is 9.84 Å². The van der Waals surface area contributed by atoms with E-state index in [0.29, 0.717) is 23.4 Å². The lowest BCUT2D eigenvalue weighted by Crippen LogP contribution is -2.42. The summed E-state index contributed by atoms with van der Waals surface area (Å²) >= 11 is 0. The summed E-state index contributed by atoms with van der Waals surface area (Å²) in [5, 5.41) is 5.54. The van der Waals surface area contributed by atoms with E-state index in [1.807, 2.05) is 18.2 Å². The molecule has 2 amide bonds. The summed E-state index contributed by atoms with van der Waals surface area (Å²) < 4.78 is 23.5. The number of carbonyl (C=O) groups excluding carboxylic acids is 2. The van der Waals surface area contributed by atoms with Gasteiger partial charge in [-0.1, -0.05) is 36.3 Å². The Kier molecular flexibility index (Phi) is 6.87. The highest BCUT2D eigenvalue weighted by Crippen LogP contribution is 2.20. The first-order valence-corrected chi connectivity index (χ1v) is 11.3. The molecule has 2 N–H and O–H groups in total. The third-order valence-electron chi connectivity index (χ3n) is 4.84. The zero-order chi connectivity index (χ0) is 21.6. The van der Waals surface area contributed by atoms with Gasteiger partial charge in [0, 0.05) is 11.7 Å². The Balaban J connectivity index is 1.69. The van der Waals surface area contributed by atoms with Crippen LogP contribution in [0.15, 0.2) is 54.6 Å². The lowest BCUT2D eigenvalue weighted by molar-refractivity contribution is -0.117. The SMILES string of the molecule is C#CCN(CC(=O)Nc1ccccc1C(=O)Nc1ccccc1)C1CCS(=O)(=O)C1. The highest BCUT2D eigenvalue weighted by molar-refractivity contribution is 7.91. The second kappa shape index (κ2) is 9.57. The van der Waals surface area contributed by atoms with Crippen molar-refractivity contribution in [2.24, 2.45) is 0 Å². The fraction of sp³-hybridized carbons (Fsp3) is 0.273. The Morgan fingerprint density at radius 3 is 2.43 bits per heavy atom. The number of amides is 2. The number of carbonyl (C=O) groups is 2. The molecule has 8 heteroatoms. The average molecular weight is 426 g/mol. The van der Waals surface area contributed by atoms with Crippen LogP contribution in [0.4, 0.5) is 11.4 Å². The molecule has 7 nitrogen and oxygen atoms in total. The molecule has 1 fully saturated rings. The molecule has 2 aromatic carbocycles. The Morgan fingerprint density at radius 2 is 1.77 bits per heavy atom. The lowest BCUT2D eigenvalue weighted by atomic mass is 10.1. The van der Waals surface area contributed by atoms with Crippen LogP contribution >= 0.6 is 0 Å². The fourth-order valence-electron chi connectivity index (χ4n) is 3.38. The second-order valence-corrected chi connectivity index (χ2v) is 9.31. The fourth-order valence-corrected chi connectivity index (χ4v) is 5.14. The number of sulfone groups is 1. The van der Waals surface area contributed by atoms with Crippen LogP contribution in [-0.4, -0.2) is 55.8 Å². The molecule has 0 bridgehead atoms. The standard InChI is InChI=1S/C22H23N3O4S/c1-2-13-25(18-12-14-30(28,29)16-18)15-21(26)24-20-11-7-6-10-19(20)22(27)23-17-8-4-3-5-9-17/h1,3-11,18H,12-16H2,(H,23,27)(H,24,26). The van der Waals surface area contributed by atoms with E-state index in [1.165, 1.54) is 0 Å². The third-order valence-corrected chi connectivity index (χ3v) is 6.59. The first-order chi connectivity index (χ1) is 14.4. The Labute approximate surface area is 176 Å². The van der Waals surface area contributed by atoms with Gasteiger partial charge in [0.15, 0.2) is 9.84 Å². The maximum absolute atomic E-state index is 12.7. The van der Waals surface area contributed by atoms with Gasteiger partial charge in [-0.3, -0.25) is 14.5 Å². The molecule has 1 heterocycles. The van der Waals surface area contributed by atoms with Gasteiger partial charge in [0.2, 0.25) is 5.91 Å². The predicted octanol–water partition coefficient (Wildman–Crippen LogP) is 2.00.